The lowest BCUT2D eigenvalue weighted by Gasteiger charge is -2.40. The maximum Gasteiger partial charge on any atom is 0.192 e. The van der Waals surface area contributed by atoms with E-state index in [9.17, 15) is 5.11 Å². The molecule has 0 bridgehead atoms. The monoisotopic (exact) mass is 245 g/mol. The van der Waals surface area contributed by atoms with Gasteiger partial charge in [-0.3, -0.25) is 0 Å². The number of hydrogen-bond donors (Lipinski definition) is 2. The van der Waals surface area contributed by atoms with Crippen LogP contribution in [0.2, 0.25) is 18.1 Å². The van der Waals surface area contributed by atoms with Crippen LogP contribution in [0.25, 0.3) is 0 Å². The molecule has 1 heterocycles. The zero-order valence-electron chi connectivity index (χ0n) is 11.3. The van der Waals surface area contributed by atoms with Crippen LogP contribution in [0.15, 0.2) is 0 Å². The largest absolute Gasteiger partial charge is 0.410 e. The van der Waals surface area contributed by atoms with Gasteiger partial charge in [-0.15, -0.1) is 0 Å². The van der Waals surface area contributed by atoms with Crippen LogP contribution in [0.5, 0.6) is 0 Å². The molecule has 0 radical (unpaired) electrons. The third-order valence-corrected chi connectivity index (χ3v) is 8.38. The van der Waals surface area contributed by atoms with E-state index >= 15 is 0 Å². The average Bonchev–Trinajstić information content (AvgIpc) is 2.30. The lowest BCUT2D eigenvalue weighted by molar-refractivity contribution is 0.0302. The molecule has 16 heavy (non-hydrogen) atoms. The molecular formula is C12H27NO2Si. The summed E-state index contributed by atoms with van der Waals surface area (Å²) in [5.41, 5.74) is 0. The molecule has 0 aromatic heterocycles. The highest BCUT2D eigenvalue weighted by molar-refractivity contribution is 6.74. The van der Waals surface area contributed by atoms with Crippen molar-refractivity contribution in [1.29, 1.82) is 0 Å². The summed E-state index contributed by atoms with van der Waals surface area (Å²) in [6.45, 7) is 13.0. The standard InChI is InChI=1S/C12H27NO2Si/c1-12(2,3)16(4,5)15-11-9-13-8-6-7-10(11)14/h10-11,13-14H,6-9H2,1-5H3/t10-,11-/m0/s1. The van der Waals surface area contributed by atoms with Crippen molar-refractivity contribution in [3.8, 4) is 0 Å². The molecule has 0 aliphatic carbocycles. The second-order valence-corrected chi connectivity index (χ2v) is 11.1. The van der Waals surface area contributed by atoms with E-state index in [2.05, 4.69) is 39.2 Å². The van der Waals surface area contributed by atoms with Crippen LogP contribution in [0.1, 0.15) is 33.6 Å². The van der Waals surface area contributed by atoms with Crippen LogP contribution < -0.4 is 5.32 Å². The molecule has 0 unspecified atom stereocenters. The van der Waals surface area contributed by atoms with Gasteiger partial charge in [0.05, 0.1) is 12.2 Å². The summed E-state index contributed by atoms with van der Waals surface area (Å²) in [5, 5.41) is 13.6. The van der Waals surface area contributed by atoms with Crippen molar-refractivity contribution in [1.82, 2.24) is 5.32 Å². The van der Waals surface area contributed by atoms with Gasteiger partial charge in [-0.1, -0.05) is 20.8 Å². The Balaban J connectivity index is 2.64. The first-order chi connectivity index (χ1) is 7.24. The van der Waals surface area contributed by atoms with Gasteiger partial charge >= 0.3 is 0 Å². The number of aliphatic hydroxyl groups is 1. The Bertz CT molecular complexity index is 226. The summed E-state index contributed by atoms with van der Waals surface area (Å²) in [4.78, 5) is 0. The molecule has 1 fully saturated rings. The van der Waals surface area contributed by atoms with Crippen molar-refractivity contribution in [2.24, 2.45) is 0 Å². The molecule has 0 saturated carbocycles. The van der Waals surface area contributed by atoms with Crippen molar-refractivity contribution >= 4 is 8.32 Å². The highest BCUT2D eigenvalue weighted by Crippen LogP contribution is 2.37. The molecule has 0 amide bonds. The van der Waals surface area contributed by atoms with E-state index in [0.717, 1.165) is 25.9 Å². The fourth-order valence-electron chi connectivity index (χ4n) is 1.68. The Morgan fingerprint density at radius 2 is 1.94 bits per heavy atom. The van der Waals surface area contributed by atoms with Crippen molar-refractivity contribution in [3.63, 3.8) is 0 Å². The molecule has 1 saturated heterocycles. The molecule has 3 nitrogen and oxygen atoms in total. The summed E-state index contributed by atoms with van der Waals surface area (Å²) in [5.74, 6) is 0. The second kappa shape index (κ2) is 5.17. The van der Waals surface area contributed by atoms with E-state index in [-0.39, 0.29) is 17.2 Å². The molecule has 0 spiro atoms. The van der Waals surface area contributed by atoms with Gasteiger partial charge < -0.3 is 14.8 Å². The normalized spacial score (nSPS) is 28.9. The molecule has 2 N–H and O–H groups in total. The molecule has 4 heteroatoms. The van der Waals surface area contributed by atoms with Gasteiger partial charge in [-0.25, -0.2) is 0 Å². The van der Waals surface area contributed by atoms with Crippen LogP contribution >= 0.6 is 0 Å². The predicted molar refractivity (Wildman–Crippen MR) is 70.2 cm³/mol. The Hall–Kier alpha value is 0.0969. The molecule has 0 aromatic carbocycles. The molecule has 96 valence electrons. The van der Waals surface area contributed by atoms with Crippen LogP contribution in [0, 0.1) is 0 Å². The smallest absolute Gasteiger partial charge is 0.192 e. The maximum absolute atomic E-state index is 10.0. The van der Waals surface area contributed by atoms with E-state index in [1.165, 1.54) is 0 Å². The van der Waals surface area contributed by atoms with Gasteiger partial charge in [0.25, 0.3) is 0 Å². The van der Waals surface area contributed by atoms with Crippen LogP contribution in [0.4, 0.5) is 0 Å². The lowest BCUT2D eigenvalue weighted by Crippen LogP contribution is -2.49. The SMILES string of the molecule is CC(C)(C)[Si](C)(C)O[C@H]1CNCCC[C@@H]1O. The molecule has 1 aliphatic heterocycles. The Labute approximate surface area is 101 Å². The predicted octanol–water partition coefficient (Wildman–Crippen LogP) is 2.12. The Morgan fingerprint density at radius 3 is 2.50 bits per heavy atom. The van der Waals surface area contributed by atoms with Crippen LogP contribution in [-0.2, 0) is 4.43 Å². The van der Waals surface area contributed by atoms with E-state index in [1.54, 1.807) is 0 Å². The summed E-state index contributed by atoms with van der Waals surface area (Å²) in [6, 6.07) is 0. The molecule has 0 aromatic rings. The van der Waals surface area contributed by atoms with Crippen LogP contribution in [-0.4, -0.2) is 38.7 Å². The maximum atomic E-state index is 10.0. The first kappa shape index (κ1) is 14.2. The van der Waals surface area contributed by atoms with Gasteiger partial charge in [0, 0.05) is 6.54 Å². The molecule has 1 rings (SSSR count). The third kappa shape index (κ3) is 3.55. The fourth-order valence-corrected chi connectivity index (χ4v) is 3.03. The highest BCUT2D eigenvalue weighted by Gasteiger charge is 2.40. The fraction of sp³-hybridized carbons (Fsp3) is 1.00. The highest BCUT2D eigenvalue weighted by atomic mass is 28.4. The minimum atomic E-state index is -1.76. The zero-order chi connectivity index (χ0) is 12.4. The summed E-state index contributed by atoms with van der Waals surface area (Å²) >= 11 is 0. The van der Waals surface area contributed by atoms with Crippen molar-refractivity contribution in [3.05, 3.63) is 0 Å². The van der Waals surface area contributed by atoms with Gasteiger partial charge in [-0.05, 0) is 37.5 Å². The molecular weight excluding hydrogens is 218 g/mol. The number of hydrogen-bond acceptors (Lipinski definition) is 3. The minimum Gasteiger partial charge on any atom is -0.410 e. The molecule has 1 aliphatic rings. The first-order valence-corrected chi connectivity index (χ1v) is 9.21. The topological polar surface area (TPSA) is 41.5 Å². The van der Waals surface area contributed by atoms with Gasteiger partial charge in [0.2, 0.25) is 0 Å². The van der Waals surface area contributed by atoms with Gasteiger partial charge in [0.15, 0.2) is 8.32 Å². The Kier molecular flexibility index (Phi) is 4.57. The second-order valence-electron chi connectivity index (χ2n) is 6.33. The van der Waals surface area contributed by atoms with Gasteiger partial charge in [0.1, 0.15) is 0 Å². The van der Waals surface area contributed by atoms with Crippen LogP contribution in [0.3, 0.4) is 0 Å². The minimum absolute atomic E-state index is 0.0246. The zero-order valence-corrected chi connectivity index (χ0v) is 12.3. The Morgan fingerprint density at radius 1 is 1.31 bits per heavy atom. The van der Waals surface area contributed by atoms with Gasteiger partial charge in [-0.2, -0.15) is 0 Å². The number of rotatable bonds is 2. The quantitative estimate of drug-likeness (QED) is 0.732. The first-order valence-electron chi connectivity index (χ1n) is 6.30. The van der Waals surface area contributed by atoms with Crippen molar-refractivity contribution in [2.45, 2.75) is 64.0 Å². The van der Waals surface area contributed by atoms with E-state index < -0.39 is 8.32 Å². The van der Waals surface area contributed by atoms with Crippen molar-refractivity contribution in [2.75, 3.05) is 13.1 Å². The number of nitrogens with one attached hydrogen (secondary N) is 1. The number of aliphatic hydroxyl groups excluding tert-OH is 1. The van der Waals surface area contributed by atoms with Crippen molar-refractivity contribution < 1.29 is 9.53 Å². The van der Waals surface area contributed by atoms with E-state index in [4.69, 9.17) is 4.43 Å². The summed E-state index contributed by atoms with van der Waals surface area (Å²) in [6.07, 6.45) is 1.57. The molecule has 2 atom stereocenters. The summed E-state index contributed by atoms with van der Waals surface area (Å²) < 4.78 is 6.26. The van der Waals surface area contributed by atoms with E-state index in [1.807, 2.05) is 0 Å². The lowest BCUT2D eigenvalue weighted by atomic mass is 10.1. The average molecular weight is 245 g/mol. The summed E-state index contributed by atoms with van der Waals surface area (Å²) in [7, 11) is -1.76. The van der Waals surface area contributed by atoms with E-state index in [0.29, 0.717) is 0 Å². The third-order valence-electron chi connectivity index (χ3n) is 3.88.